The molecule has 1 heterocycles. The van der Waals surface area contributed by atoms with E-state index in [1.807, 2.05) is 32.0 Å². The van der Waals surface area contributed by atoms with Gasteiger partial charge in [0.05, 0.1) is 12.7 Å². The fourth-order valence-corrected chi connectivity index (χ4v) is 2.46. The first kappa shape index (κ1) is 15.8. The molecule has 0 fully saturated rings. The van der Waals surface area contributed by atoms with Gasteiger partial charge in [0.1, 0.15) is 5.69 Å². The molecular weight excluding hydrogens is 280 g/mol. The number of amides is 1. The Bertz CT molecular complexity index is 745. The van der Waals surface area contributed by atoms with E-state index in [1.165, 1.54) is 7.11 Å². The van der Waals surface area contributed by atoms with E-state index in [4.69, 9.17) is 4.74 Å². The van der Waals surface area contributed by atoms with Crippen LogP contribution in [0, 0.1) is 27.7 Å². The fraction of sp³-hybridized carbons (Fsp3) is 0.294. The molecule has 0 aliphatic carbocycles. The summed E-state index contributed by atoms with van der Waals surface area (Å²) in [6.45, 7) is 7.42. The first-order valence-corrected chi connectivity index (χ1v) is 7.01. The summed E-state index contributed by atoms with van der Waals surface area (Å²) in [6.07, 6.45) is 0. The molecular formula is C17H20N2O3. The molecule has 0 saturated carbocycles. The van der Waals surface area contributed by atoms with Crippen LogP contribution >= 0.6 is 0 Å². The molecule has 5 heteroatoms. The monoisotopic (exact) mass is 300 g/mol. The molecule has 0 unspecified atom stereocenters. The maximum Gasteiger partial charge on any atom is 0.339 e. The van der Waals surface area contributed by atoms with Gasteiger partial charge in [-0.1, -0.05) is 12.1 Å². The van der Waals surface area contributed by atoms with Crippen LogP contribution in [0.15, 0.2) is 18.2 Å². The molecule has 116 valence electrons. The lowest BCUT2D eigenvalue weighted by atomic mass is 10.1. The Hall–Kier alpha value is -2.56. The van der Waals surface area contributed by atoms with Gasteiger partial charge in [0.25, 0.3) is 5.91 Å². The molecule has 0 aliphatic heterocycles. The Kier molecular flexibility index (Phi) is 4.35. The van der Waals surface area contributed by atoms with Gasteiger partial charge in [0, 0.05) is 11.4 Å². The summed E-state index contributed by atoms with van der Waals surface area (Å²) in [7, 11) is 1.32. The molecule has 2 rings (SSSR count). The average molecular weight is 300 g/mol. The van der Waals surface area contributed by atoms with Crippen molar-refractivity contribution in [3.63, 3.8) is 0 Å². The highest BCUT2D eigenvalue weighted by Crippen LogP contribution is 2.22. The van der Waals surface area contributed by atoms with Crippen molar-refractivity contribution in [3.8, 4) is 0 Å². The molecule has 0 saturated heterocycles. The van der Waals surface area contributed by atoms with Crippen molar-refractivity contribution in [2.24, 2.45) is 0 Å². The summed E-state index contributed by atoms with van der Waals surface area (Å²) in [5.41, 5.74) is 4.88. The Morgan fingerprint density at radius 1 is 1.09 bits per heavy atom. The van der Waals surface area contributed by atoms with Crippen molar-refractivity contribution < 1.29 is 14.3 Å². The second-order valence-electron chi connectivity index (χ2n) is 5.32. The number of aromatic amines is 1. The number of hydrogen-bond donors (Lipinski definition) is 2. The highest BCUT2D eigenvalue weighted by molar-refractivity contribution is 6.07. The number of nitrogens with one attached hydrogen (secondary N) is 2. The number of aromatic nitrogens is 1. The van der Waals surface area contributed by atoms with Crippen LogP contribution in [0.25, 0.3) is 0 Å². The van der Waals surface area contributed by atoms with Gasteiger partial charge in [0.2, 0.25) is 0 Å². The van der Waals surface area contributed by atoms with E-state index in [1.54, 1.807) is 13.8 Å². The van der Waals surface area contributed by atoms with E-state index in [2.05, 4.69) is 10.3 Å². The predicted molar refractivity (Wildman–Crippen MR) is 85.5 cm³/mol. The third-order valence-corrected chi connectivity index (χ3v) is 3.91. The van der Waals surface area contributed by atoms with Gasteiger partial charge >= 0.3 is 5.97 Å². The second-order valence-corrected chi connectivity index (χ2v) is 5.32. The van der Waals surface area contributed by atoms with Gasteiger partial charge in [-0.05, 0) is 50.5 Å². The van der Waals surface area contributed by atoms with Crippen LogP contribution in [0.2, 0.25) is 0 Å². The molecule has 2 N–H and O–H groups in total. The van der Waals surface area contributed by atoms with Crippen LogP contribution in [-0.4, -0.2) is 24.0 Å². The highest BCUT2D eigenvalue weighted by Gasteiger charge is 2.22. The first-order valence-electron chi connectivity index (χ1n) is 7.01. The van der Waals surface area contributed by atoms with Crippen molar-refractivity contribution in [2.45, 2.75) is 27.7 Å². The number of anilines is 1. The molecule has 0 bridgehead atoms. The fourth-order valence-electron chi connectivity index (χ4n) is 2.46. The van der Waals surface area contributed by atoms with E-state index in [-0.39, 0.29) is 5.91 Å². The summed E-state index contributed by atoms with van der Waals surface area (Å²) in [4.78, 5) is 27.2. The first-order chi connectivity index (χ1) is 10.4. The highest BCUT2D eigenvalue weighted by atomic mass is 16.5. The topological polar surface area (TPSA) is 71.2 Å². The summed E-state index contributed by atoms with van der Waals surface area (Å²) in [5.74, 6) is -0.721. The number of carbonyl (C=O) groups excluding carboxylic acids is 2. The zero-order chi connectivity index (χ0) is 16.4. The standard InChI is InChI=1S/C17H20N2O3/c1-9-7-6-8-13(10(9)2)19-16(20)15-11(3)14(12(4)18-15)17(21)22-5/h6-8,18H,1-5H3,(H,19,20). The number of ether oxygens (including phenoxy) is 1. The molecule has 1 aromatic carbocycles. The zero-order valence-electron chi connectivity index (χ0n) is 13.5. The number of rotatable bonds is 3. The lowest BCUT2D eigenvalue weighted by Crippen LogP contribution is -2.15. The van der Waals surface area contributed by atoms with Crippen LogP contribution in [0.4, 0.5) is 5.69 Å². The minimum atomic E-state index is -0.447. The van der Waals surface area contributed by atoms with E-state index in [9.17, 15) is 9.59 Å². The third-order valence-electron chi connectivity index (χ3n) is 3.91. The zero-order valence-corrected chi connectivity index (χ0v) is 13.5. The quantitative estimate of drug-likeness (QED) is 0.854. The van der Waals surface area contributed by atoms with Crippen molar-refractivity contribution >= 4 is 17.6 Å². The second kappa shape index (κ2) is 6.05. The summed E-state index contributed by atoms with van der Waals surface area (Å²) in [5, 5.41) is 2.88. The minimum Gasteiger partial charge on any atom is -0.465 e. The van der Waals surface area contributed by atoms with Crippen molar-refractivity contribution in [1.82, 2.24) is 4.98 Å². The molecule has 2 aromatic rings. The Morgan fingerprint density at radius 2 is 1.77 bits per heavy atom. The van der Waals surface area contributed by atoms with Gasteiger partial charge in [-0.25, -0.2) is 4.79 Å². The summed E-state index contributed by atoms with van der Waals surface area (Å²) >= 11 is 0. The van der Waals surface area contributed by atoms with Gasteiger partial charge in [-0.2, -0.15) is 0 Å². The third kappa shape index (κ3) is 2.74. The SMILES string of the molecule is COC(=O)c1c(C)[nH]c(C(=O)Nc2cccc(C)c2C)c1C. The molecule has 0 radical (unpaired) electrons. The van der Waals surface area contributed by atoms with Crippen molar-refractivity contribution in [3.05, 3.63) is 51.8 Å². The number of hydrogen-bond acceptors (Lipinski definition) is 3. The molecule has 1 amide bonds. The normalized spacial score (nSPS) is 10.4. The number of H-pyrrole nitrogens is 1. The largest absolute Gasteiger partial charge is 0.465 e. The Labute approximate surface area is 129 Å². The lowest BCUT2D eigenvalue weighted by molar-refractivity contribution is 0.0599. The summed E-state index contributed by atoms with van der Waals surface area (Å²) in [6, 6.07) is 5.74. The molecule has 0 atom stereocenters. The summed E-state index contributed by atoms with van der Waals surface area (Å²) < 4.78 is 4.75. The van der Waals surface area contributed by atoms with Crippen LogP contribution in [0.5, 0.6) is 0 Å². The number of carbonyl (C=O) groups is 2. The van der Waals surface area contributed by atoms with Crippen molar-refractivity contribution in [2.75, 3.05) is 12.4 Å². The number of esters is 1. The van der Waals surface area contributed by atoms with Crippen LogP contribution in [-0.2, 0) is 4.74 Å². The van der Waals surface area contributed by atoms with Crippen molar-refractivity contribution in [1.29, 1.82) is 0 Å². The predicted octanol–water partition coefficient (Wildman–Crippen LogP) is 3.29. The average Bonchev–Trinajstić information content (AvgIpc) is 2.78. The Morgan fingerprint density at radius 3 is 2.41 bits per heavy atom. The molecule has 5 nitrogen and oxygen atoms in total. The molecule has 1 aromatic heterocycles. The molecule has 0 spiro atoms. The Balaban J connectivity index is 2.35. The maximum absolute atomic E-state index is 12.5. The van der Waals surface area contributed by atoms with Gasteiger partial charge in [-0.3, -0.25) is 4.79 Å². The van der Waals surface area contributed by atoms with Crippen LogP contribution in [0.3, 0.4) is 0 Å². The van der Waals surface area contributed by atoms with Crippen LogP contribution < -0.4 is 5.32 Å². The maximum atomic E-state index is 12.5. The number of methoxy groups -OCH3 is 1. The number of aryl methyl sites for hydroxylation is 2. The van der Waals surface area contributed by atoms with E-state index >= 15 is 0 Å². The van der Waals surface area contributed by atoms with E-state index in [0.717, 1.165) is 16.8 Å². The van der Waals surface area contributed by atoms with Crippen LogP contribution in [0.1, 0.15) is 43.2 Å². The van der Waals surface area contributed by atoms with E-state index in [0.29, 0.717) is 22.5 Å². The smallest absolute Gasteiger partial charge is 0.339 e. The van der Waals surface area contributed by atoms with E-state index < -0.39 is 5.97 Å². The minimum absolute atomic E-state index is 0.274. The lowest BCUT2D eigenvalue weighted by Gasteiger charge is -2.10. The van der Waals surface area contributed by atoms with Gasteiger partial charge in [0.15, 0.2) is 0 Å². The number of benzene rings is 1. The van der Waals surface area contributed by atoms with Gasteiger partial charge in [-0.15, -0.1) is 0 Å². The van der Waals surface area contributed by atoms with Gasteiger partial charge < -0.3 is 15.0 Å². The molecule has 0 aliphatic rings. The molecule has 22 heavy (non-hydrogen) atoms.